The number of para-hydroxylation sites is 1. The molecule has 2 aliphatic rings. The molecule has 0 saturated carbocycles. The van der Waals surface area contributed by atoms with Crippen LogP contribution in [-0.4, -0.2) is 22.8 Å². The molecular formula is C28H20Cl2N2O4. The van der Waals surface area contributed by atoms with Crippen molar-refractivity contribution in [2.75, 3.05) is 5.06 Å². The number of amides is 2. The third-order valence-corrected chi connectivity index (χ3v) is 7.26. The lowest BCUT2D eigenvalue weighted by atomic mass is 9.94. The standard InChI is InChI=1S/C28H20Cl2N2O4/c29-20-12-11-18(15-21(20)30)22-13-14-23(35-22)25-24-26(36-32(25)19-9-5-2-6-10-19)28(34)31(27(24)33)16-17-7-3-1-4-8-17/h1-15,24-26H,16H2/t24-,25+,26+/m1/s1. The van der Waals surface area contributed by atoms with Gasteiger partial charge >= 0.3 is 0 Å². The number of rotatable bonds is 5. The Hall–Kier alpha value is -3.58. The third-order valence-electron chi connectivity index (χ3n) is 6.52. The number of hydroxylamine groups is 1. The maximum atomic E-state index is 13.6. The highest BCUT2D eigenvalue weighted by atomic mass is 35.5. The summed E-state index contributed by atoms with van der Waals surface area (Å²) in [7, 11) is 0. The van der Waals surface area contributed by atoms with E-state index in [0.29, 0.717) is 21.6 Å². The molecule has 0 N–H and O–H groups in total. The van der Waals surface area contributed by atoms with Crippen molar-refractivity contribution in [1.82, 2.24) is 4.90 Å². The minimum atomic E-state index is -0.940. The second-order valence-corrected chi connectivity index (χ2v) is 9.55. The van der Waals surface area contributed by atoms with Crippen molar-refractivity contribution in [3.63, 3.8) is 0 Å². The Kier molecular flexibility index (Phi) is 5.80. The van der Waals surface area contributed by atoms with Gasteiger partial charge in [-0.05, 0) is 48.0 Å². The highest BCUT2D eigenvalue weighted by molar-refractivity contribution is 6.42. The molecule has 2 fully saturated rings. The molecule has 2 amide bonds. The Balaban J connectivity index is 1.38. The van der Waals surface area contributed by atoms with Crippen LogP contribution in [0.1, 0.15) is 17.4 Å². The van der Waals surface area contributed by atoms with Crippen LogP contribution in [-0.2, 0) is 21.0 Å². The number of hydrogen-bond acceptors (Lipinski definition) is 5. The largest absolute Gasteiger partial charge is 0.459 e. The van der Waals surface area contributed by atoms with Crippen molar-refractivity contribution >= 4 is 40.7 Å². The summed E-state index contributed by atoms with van der Waals surface area (Å²) in [5.41, 5.74) is 2.34. The fraction of sp³-hybridized carbons (Fsp3) is 0.143. The molecule has 3 heterocycles. The number of benzene rings is 3. The molecule has 3 atom stereocenters. The van der Waals surface area contributed by atoms with E-state index in [-0.39, 0.29) is 18.4 Å². The maximum absolute atomic E-state index is 13.6. The molecule has 0 spiro atoms. The van der Waals surface area contributed by atoms with Gasteiger partial charge in [0.15, 0.2) is 6.10 Å². The molecule has 36 heavy (non-hydrogen) atoms. The minimum absolute atomic E-state index is 0.194. The summed E-state index contributed by atoms with van der Waals surface area (Å²) in [6, 6.07) is 27.0. The van der Waals surface area contributed by atoms with E-state index in [1.54, 1.807) is 17.2 Å². The van der Waals surface area contributed by atoms with E-state index in [9.17, 15) is 9.59 Å². The average molecular weight is 519 g/mol. The van der Waals surface area contributed by atoms with Gasteiger partial charge in [-0.15, -0.1) is 0 Å². The number of likely N-dealkylation sites (tertiary alicyclic amines) is 1. The second-order valence-electron chi connectivity index (χ2n) is 8.74. The molecule has 6 nitrogen and oxygen atoms in total. The first kappa shape index (κ1) is 22.9. The Morgan fingerprint density at radius 2 is 1.50 bits per heavy atom. The molecule has 3 aromatic carbocycles. The molecule has 8 heteroatoms. The lowest BCUT2D eigenvalue weighted by Gasteiger charge is -2.27. The van der Waals surface area contributed by atoms with E-state index < -0.39 is 18.1 Å². The molecule has 6 rings (SSSR count). The number of nitrogens with zero attached hydrogens (tertiary/aromatic N) is 2. The van der Waals surface area contributed by atoms with Crippen LogP contribution < -0.4 is 5.06 Å². The molecule has 0 radical (unpaired) electrons. The van der Waals surface area contributed by atoms with Gasteiger partial charge in [0.25, 0.3) is 5.91 Å². The first-order chi connectivity index (χ1) is 17.5. The summed E-state index contributed by atoms with van der Waals surface area (Å²) in [4.78, 5) is 34.4. The number of fused-ring (bicyclic) bond motifs is 1. The van der Waals surface area contributed by atoms with E-state index in [2.05, 4.69) is 0 Å². The van der Waals surface area contributed by atoms with Crippen molar-refractivity contribution in [3.8, 4) is 11.3 Å². The fourth-order valence-corrected chi connectivity index (χ4v) is 5.10. The summed E-state index contributed by atoms with van der Waals surface area (Å²) in [6.45, 7) is 0.194. The molecule has 0 aliphatic carbocycles. The normalized spacial score (nSPS) is 21.3. The number of imide groups is 1. The zero-order valence-electron chi connectivity index (χ0n) is 18.9. The summed E-state index contributed by atoms with van der Waals surface area (Å²) in [5.74, 6) is -0.319. The Morgan fingerprint density at radius 3 is 2.22 bits per heavy atom. The van der Waals surface area contributed by atoms with Gasteiger partial charge in [-0.25, -0.2) is 5.06 Å². The number of anilines is 1. The summed E-state index contributed by atoms with van der Waals surface area (Å²) in [5, 5.41) is 2.47. The highest BCUT2D eigenvalue weighted by Crippen LogP contribution is 2.48. The van der Waals surface area contributed by atoms with Crippen LogP contribution in [0.3, 0.4) is 0 Å². The third kappa shape index (κ3) is 3.88. The first-order valence-corrected chi connectivity index (χ1v) is 12.2. The summed E-state index contributed by atoms with van der Waals surface area (Å²) >= 11 is 12.3. The van der Waals surface area contributed by atoms with Crippen LogP contribution >= 0.6 is 23.2 Å². The lowest BCUT2D eigenvalue weighted by molar-refractivity contribution is -0.143. The van der Waals surface area contributed by atoms with Crippen molar-refractivity contribution in [3.05, 3.63) is 112 Å². The van der Waals surface area contributed by atoms with Crippen LogP contribution in [0.5, 0.6) is 0 Å². The quantitative estimate of drug-likeness (QED) is 0.290. The molecule has 2 aliphatic heterocycles. The van der Waals surface area contributed by atoms with Crippen molar-refractivity contribution in [1.29, 1.82) is 0 Å². The van der Waals surface area contributed by atoms with E-state index in [0.717, 1.165) is 16.8 Å². The molecular weight excluding hydrogens is 499 g/mol. The van der Waals surface area contributed by atoms with E-state index in [1.165, 1.54) is 4.90 Å². The number of hydrogen-bond donors (Lipinski definition) is 0. The lowest BCUT2D eigenvalue weighted by Crippen LogP contribution is -2.36. The zero-order chi connectivity index (χ0) is 24.8. The van der Waals surface area contributed by atoms with Gasteiger partial charge in [-0.3, -0.25) is 19.3 Å². The summed E-state index contributed by atoms with van der Waals surface area (Å²) < 4.78 is 6.24. The van der Waals surface area contributed by atoms with Gasteiger partial charge in [0, 0.05) is 5.56 Å². The number of carbonyl (C=O) groups excluding carboxylic acids is 2. The van der Waals surface area contributed by atoms with Crippen LogP contribution in [0.15, 0.2) is 95.4 Å². The van der Waals surface area contributed by atoms with Crippen molar-refractivity contribution in [2.24, 2.45) is 5.92 Å². The van der Waals surface area contributed by atoms with Crippen molar-refractivity contribution < 1.29 is 18.8 Å². The predicted octanol–water partition coefficient (Wildman–Crippen LogP) is 6.30. The SMILES string of the molecule is O=C1[C@H]2[C@H](ON(c3ccccc3)[C@H]2c2ccc(-c3ccc(Cl)c(Cl)c3)o2)C(=O)N1Cc1ccccc1. The predicted molar refractivity (Wildman–Crippen MR) is 136 cm³/mol. The van der Waals surface area contributed by atoms with Crippen LogP contribution in [0.25, 0.3) is 11.3 Å². The molecule has 2 saturated heterocycles. The number of furan rings is 1. The van der Waals surface area contributed by atoms with Gasteiger partial charge in [-0.2, -0.15) is 0 Å². The molecule has 0 unspecified atom stereocenters. The fourth-order valence-electron chi connectivity index (χ4n) is 4.80. The topological polar surface area (TPSA) is 63.0 Å². The molecule has 180 valence electrons. The zero-order valence-corrected chi connectivity index (χ0v) is 20.4. The van der Waals surface area contributed by atoms with Crippen molar-refractivity contribution in [2.45, 2.75) is 18.7 Å². The van der Waals surface area contributed by atoms with Gasteiger partial charge in [0.05, 0.1) is 22.3 Å². The van der Waals surface area contributed by atoms with Crippen LogP contribution in [0.2, 0.25) is 10.0 Å². The van der Waals surface area contributed by atoms with Gasteiger partial charge in [0.2, 0.25) is 5.91 Å². The maximum Gasteiger partial charge on any atom is 0.262 e. The smallest absolute Gasteiger partial charge is 0.262 e. The Bertz CT molecular complexity index is 1440. The van der Waals surface area contributed by atoms with E-state index >= 15 is 0 Å². The van der Waals surface area contributed by atoms with Gasteiger partial charge < -0.3 is 4.42 Å². The van der Waals surface area contributed by atoms with E-state index in [4.69, 9.17) is 32.5 Å². The average Bonchev–Trinajstić information content (AvgIpc) is 3.59. The minimum Gasteiger partial charge on any atom is -0.459 e. The number of halogens is 2. The number of carbonyl (C=O) groups is 2. The Labute approximate surface area is 217 Å². The molecule has 1 aromatic heterocycles. The first-order valence-electron chi connectivity index (χ1n) is 11.5. The Morgan fingerprint density at radius 1 is 0.778 bits per heavy atom. The summed E-state index contributed by atoms with van der Waals surface area (Å²) in [6.07, 6.45) is -0.940. The molecule has 0 bridgehead atoms. The molecule has 4 aromatic rings. The van der Waals surface area contributed by atoms with Crippen LogP contribution in [0, 0.1) is 5.92 Å². The monoisotopic (exact) mass is 518 g/mol. The highest BCUT2D eigenvalue weighted by Gasteiger charge is 2.60. The van der Waals surface area contributed by atoms with E-state index in [1.807, 2.05) is 78.9 Å². The second kappa shape index (κ2) is 9.13. The van der Waals surface area contributed by atoms with Gasteiger partial charge in [0.1, 0.15) is 23.5 Å². The van der Waals surface area contributed by atoms with Gasteiger partial charge in [-0.1, -0.05) is 71.7 Å². The van der Waals surface area contributed by atoms with Crippen LogP contribution in [0.4, 0.5) is 5.69 Å².